The van der Waals surface area contributed by atoms with Crippen LogP contribution in [0.3, 0.4) is 0 Å². The highest BCUT2D eigenvalue weighted by atomic mass is 19.4. The van der Waals surface area contributed by atoms with Gasteiger partial charge in [-0.15, -0.1) is 0 Å². The first-order valence-corrected chi connectivity index (χ1v) is 6.50. The van der Waals surface area contributed by atoms with Crippen LogP contribution in [0.25, 0.3) is 0 Å². The van der Waals surface area contributed by atoms with E-state index < -0.39 is 23.6 Å². The molecule has 120 valence electrons. The number of ether oxygens (including phenoxy) is 1. The van der Waals surface area contributed by atoms with Crippen LogP contribution in [0.4, 0.5) is 17.6 Å². The lowest BCUT2D eigenvalue weighted by atomic mass is 10.0. The second-order valence-corrected chi connectivity index (χ2v) is 4.96. The SMILES string of the molecule is COCC(C)N(C)C(CN)c1ccc(F)c(C(F)(F)F)c1. The molecule has 0 aromatic heterocycles. The highest BCUT2D eigenvalue weighted by molar-refractivity contribution is 5.29. The topological polar surface area (TPSA) is 38.5 Å². The lowest BCUT2D eigenvalue weighted by molar-refractivity contribution is -0.140. The summed E-state index contributed by atoms with van der Waals surface area (Å²) in [6.07, 6.45) is -4.73. The fourth-order valence-corrected chi connectivity index (χ4v) is 2.17. The van der Waals surface area contributed by atoms with Crippen molar-refractivity contribution in [3.8, 4) is 0 Å². The first-order valence-electron chi connectivity index (χ1n) is 6.50. The molecule has 0 amide bonds. The van der Waals surface area contributed by atoms with Crippen molar-refractivity contribution >= 4 is 0 Å². The summed E-state index contributed by atoms with van der Waals surface area (Å²) in [4.78, 5) is 1.82. The van der Waals surface area contributed by atoms with Crippen LogP contribution >= 0.6 is 0 Å². The van der Waals surface area contributed by atoms with Gasteiger partial charge in [0.1, 0.15) is 5.82 Å². The molecular weight excluding hydrogens is 288 g/mol. The largest absolute Gasteiger partial charge is 0.419 e. The third-order valence-electron chi connectivity index (χ3n) is 3.50. The van der Waals surface area contributed by atoms with Gasteiger partial charge < -0.3 is 10.5 Å². The maximum absolute atomic E-state index is 13.3. The first-order chi connectivity index (χ1) is 9.72. The third kappa shape index (κ3) is 4.39. The van der Waals surface area contributed by atoms with Crippen molar-refractivity contribution in [1.29, 1.82) is 0 Å². The summed E-state index contributed by atoms with van der Waals surface area (Å²) in [5.74, 6) is -1.28. The number of nitrogens with two attached hydrogens (primary N) is 1. The number of alkyl halides is 3. The number of hydrogen-bond acceptors (Lipinski definition) is 3. The summed E-state index contributed by atoms with van der Waals surface area (Å²) in [6.45, 7) is 2.41. The second kappa shape index (κ2) is 7.20. The minimum atomic E-state index is -4.73. The molecule has 0 bridgehead atoms. The number of nitrogens with zero attached hydrogens (tertiary/aromatic N) is 1. The van der Waals surface area contributed by atoms with E-state index in [1.54, 1.807) is 14.2 Å². The monoisotopic (exact) mass is 308 g/mol. The molecule has 7 heteroatoms. The molecule has 0 spiro atoms. The van der Waals surface area contributed by atoms with Gasteiger partial charge in [-0.25, -0.2) is 4.39 Å². The summed E-state index contributed by atoms with van der Waals surface area (Å²) < 4.78 is 56.7. The highest BCUT2D eigenvalue weighted by Crippen LogP contribution is 2.33. The van der Waals surface area contributed by atoms with Crippen molar-refractivity contribution in [3.63, 3.8) is 0 Å². The zero-order valence-electron chi connectivity index (χ0n) is 12.2. The molecule has 0 aliphatic heterocycles. The van der Waals surface area contributed by atoms with E-state index in [1.165, 1.54) is 6.07 Å². The van der Waals surface area contributed by atoms with Crippen molar-refractivity contribution < 1.29 is 22.3 Å². The molecule has 0 aliphatic rings. The van der Waals surface area contributed by atoms with Gasteiger partial charge in [0, 0.05) is 25.7 Å². The van der Waals surface area contributed by atoms with Crippen molar-refractivity contribution in [2.45, 2.75) is 25.2 Å². The standard InChI is InChI=1S/C14H20F4N2O/c1-9(8-21-3)20(2)13(7-19)10-4-5-12(15)11(6-10)14(16,17)18/h4-6,9,13H,7-8,19H2,1-3H3. The Bertz CT molecular complexity index is 465. The predicted molar refractivity (Wildman–Crippen MR) is 72.3 cm³/mol. The fourth-order valence-electron chi connectivity index (χ4n) is 2.17. The molecular formula is C14H20F4N2O. The summed E-state index contributed by atoms with van der Waals surface area (Å²) in [5, 5.41) is 0. The Hall–Kier alpha value is -1.18. The second-order valence-electron chi connectivity index (χ2n) is 4.96. The van der Waals surface area contributed by atoms with Gasteiger partial charge in [-0.05, 0) is 31.7 Å². The maximum Gasteiger partial charge on any atom is 0.419 e. The number of methoxy groups -OCH3 is 1. The minimum Gasteiger partial charge on any atom is -0.383 e. The van der Waals surface area contributed by atoms with Crippen LogP contribution < -0.4 is 5.73 Å². The van der Waals surface area contributed by atoms with Gasteiger partial charge in [0.25, 0.3) is 0 Å². The van der Waals surface area contributed by atoms with Crippen LogP contribution in [-0.4, -0.2) is 38.3 Å². The summed E-state index contributed by atoms with van der Waals surface area (Å²) in [6, 6.07) is 2.50. The molecule has 2 N–H and O–H groups in total. The van der Waals surface area contributed by atoms with Gasteiger partial charge in [0.05, 0.1) is 12.2 Å². The molecule has 1 rings (SSSR count). The van der Waals surface area contributed by atoms with Gasteiger partial charge in [-0.1, -0.05) is 6.07 Å². The van der Waals surface area contributed by atoms with Gasteiger partial charge >= 0.3 is 6.18 Å². The Kier molecular flexibility index (Phi) is 6.12. The third-order valence-corrected chi connectivity index (χ3v) is 3.50. The Labute approximate surface area is 121 Å². The average molecular weight is 308 g/mol. The zero-order valence-corrected chi connectivity index (χ0v) is 12.2. The van der Waals surface area contributed by atoms with Crippen LogP contribution in [0.15, 0.2) is 18.2 Å². The van der Waals surface area contributed by atoms with Crippen molar-refractivity contribution in [2.24, 2.45) is 5.73 Å². The number of benzene rings is 1. The predicted octanol–water partition coefficient (Wildman–Crippen LogP) is 2.81. The van der Waals surface area contributed by atoms with Crippen LogP contribution in [0, 0.1) is 5.82 Å². The highest BCUT2D eigenvalue weighted by Gasteiger charge is 2.35. The zero-order chi connectivity index (χ0) is 16.2. The Balaban J connectivity index is 3.12. The lowest BCUT2D eigenvalue weighted by Crippen LogP contribution is -2.39. The summed E-state index contributed by atoms with van der Waals surface area (Å²) in [5.41, 5.74) is 4.74. The van der Waals surface area contributed by atoms with E-state index >= 15 is 0 Å². The van der Waals surface area contributed by atoms with E-state index in [9.17, 15) is 17.6 Å². The Morgan fingerprint density at radius 1 is 1.33 bits per heavy atom. The molecule has 0 saturated carbocycles. The molecule has 0 aliphatic carbocycles. The smallest absolute Gasteiger partial charge is 0.383 e. The number of halogens is 4. The van der Waals surface area contributed by atoms with Gasteiger partial charge in [-0.2, -0.15) is 13.2 Å². The Morgan fingerprint density at radius 2 is 1.95 bits per heavy atom. The number of likely N-dealkylation sites (N-methyl/N-ethyl adjacent to an activating group) is 1. The summed E-state index contributed by atoms with van der Waals surface area (Å²) in [7, 11) is 3.29. The first kappa shape index (κ1) is 17.9. The quantitative estimate of drug-likeness (QED) is 0.821. The molecule has 0 radical (unpaired) electrons. The van der Waals surface area contributed by atoms with E-state index in [4.69, 9.17) is 10.5 Å². The van der Waals surface area contributed by atoms with Crippen molar-refractivity contribution in [3.05, 3.63) is 35.1 Å². The van der Waals surface area contributed by atoms with Gasteiger partial charge in [0.2, 0.25) is 0 Å². The van der Waals surface area contributed by atoms with Crippen LogP contribution in [0.2, 0.25) is 0 Å². The summed E-state index contributed by atoms with van der Waals surface area (Å²) >= 11 is 0. The molecule has 21 heavy (non-hydrogen) atoms. The molecule has 0 heterocycles. The van der Waals surface area contributed by atoms with Crippen molar-refractivity contribution in [1.82, 2.24) is 4.90 Å². The fraction of sp³-hybridized carbons (Fsp3) is 0.571. The maximum atomic E-state index is 13.3. The molecule has 3 nitrogen and oxygen atoms in total. The van der Waals surface area contributed by atoms with Crippen LogP contribution in [0.5, 0.6) is 0 Å². The van der Waals surface area contributed by atoms with Gasteiger partial charge in [-0.3, -0.25) is 4.90 Å². The van der Waals surface area contributed by atoms with Gasteiger partial charge in [0.15, 0.2) is 0 Å². The van der Waals surface area contributed by atoms with Crippen molar-refractivity contribution in [2.75, 3.05) is 27.3 Å². The normalized spacial score (nSPS) is 15.3. The molecule has 2 atom stereocenters. The van der Waals surface area contributed by atoms with E-state index in [-0.39, 0.29) is 12.6 Å². The number of rotatable bonds is 6. The average Bonchev–Trinajstić information content (AvgIpc) is 2.40. The molecule has 1 aromatic rings. The molecule has 1 aromatic carbocycles. The van der Waals surface area contributed by atoms with Crippen LogP contribution in [0.1, 0.15) is 24.1 Å². The minimum absolute atomic E-state index is 0.0389. The van der Waals surface area contributed by atoms with E-state index in [2.05, 4.69) is 0 Å². The Morgan fingerprint density at radius 3 is 2.43 bits per heavy atom. The van der Waals surface area contributed by atoms with E-state index in [0.29, 0.717) is 12.2 Å². The lowest BCUT2D eigenvalue weighted by Gasteiger charge is -2.32. The number of hydrogen-bond donors (Lipinski definition) is 1. The molecule has 2 unspecified atom stereocenters. The molecule has 0 saturated heterocycles. The van der Waals surface area contributed by atoms with E-state index in [1.807, 2.05) is 11.8 Å². The van der Waals surface area contributed by atoms with Crippen LogP contribution in [-0.2, 0) is 10.9 Å². The molecule has 0 fully saturated rings. The van der Waals surface area contributed by atoms with E-state index in [0.717, 1.165) is 12.1 Å².